The Morgan fingerprint density at radius 3 is 3.00 bits per heavy atom. The summed E-state index contributed by atoms with van der Waals surface area (Å²) >= 11 is 0. The van der Waals surface area contributed by atoms with Crippen molar-refractivity contribution in [2.24, 2.45) is 5.92 Å². The van der Waals surface area contributed by atoms with E-state index in [0.717, 1.165) is 43.7 Å². The van der Waals surface area contributed by atoms with Crippen LogP contribution in [0.5, 0.6) is 0 Å². The summed E-state index contributed by atoms with van der Waals surface area (Å²) < 4.78 is 7.14. The number of nitrogen functional groups attached to an aromatic ring is 1. The third-order valence-corrected chi connectivity index (χ3v) is 4.28. The normalized spacial score (nSPS) is 15.7. The van der Waals surface area contributed by atoms with Crippen LogP contribution in [-0.4, -0.2) is 44.3 Å². The quantitative estimate of drug-likeness (QED) is 0.751. The Morgan fingerprint density at radius 1 is 1.25 bits per heavy atom. The van der Waals surface area contributed by atoms with Crippen LogP contribution in [-0.2, 0) is 4.74 Å². The van der Waals surface area contributed by atoms with Gasteiger partial charge in [0.1, 0.15) is 0 Å². The van der Waals surface area contributed by atoms with Crippen molar-refractivity contribution in [1.82, 2.24) is 24.6 Å². The van der Waals surface area contributed by atoms with Crippen LogP contribution in [0.2, 0.25) is 0 Å². The molecule has 1 aliphatic rings. The molecule has 8 heteroatoms. The van der Waals surface area contributed by atoms with Gasteiger partial charge in [-0.3, -0.25) is 4.98 Å². The van der Waals surface area contributed by atoms with Crippen molar-refractivity contribution in [2.75, 3.05) is 30.8 Å². The molecule has 0 bridgehead atoms. The minimum absolute atomic E-state index is 0.542. The van der Waals surface area contributed by atoms with Gasteiger partial charge in [-0.2, -0.15) is 5.10 Å². The SMILES string of the molecule is Nc1cnc(-c2cnn3ccncc23)nc1NCC1CCOCC1. The Hall–Kier alpha value is -2.74. The molecule has 0 amide bonds. The molecular weight excluding hydrogens is 306 g/mol. The average molecular weight is 325 g/mol. The molecule has 1 fully saturated rings. The molecule has 0 unspecified atom stereocenters. The summed E-state index contributed by atoms with van der Waals surface area (Å²) in [5.74, 6) is 1.83. The lowest BCUT2D eigenvalue weighted by Gasteiger charge is -2.22. The van der Waals surface area contributed by atoms with Gasteiger partial charge in [-0.05, 0) is 18.8 Å². The highest BCUT2D eigenvalue weighted by Gasteiger charge is 2.16. The van der Waals surface area contributed by atoms with Crippen LogP contribution in [0, 0.1) is 5.92 Å². The number of nitrogens with zero attached hydrogens (tertiary/aromatic N) is 5. The van der Waals surface area contributed by atoms with Gasteiger partial charge in [0.2, 0.25) is 0 Å². The first-order chi connectivity index (χ1) is 11.8. The van der Waals surface area contributed by atoms with Crippen LogP contribution in [0.1, 0.15) is 12.8 Å². The molecule has 24 heavy (non-hydrogen) atoms. The smallest absolute Gasteiger partial charge is 0.165 e. The molecule has 8 nitrogen and oxygen atoms in total. The maximum atomic E-state index is 6.03. The van der Waals surface area contributed by atoms with E-state index in [4.69, 9.17) is 10.5 Å². The first kappa shape index (κ1) is 14.8. The summed E-state index contributed by atoms with van der Waals surface area (Å²) in [5.41, 5.74) is 8.26. The van der Waals surface area contributed by atoms with Crippen LogP contribution >= 0.6 is 0 Å². The molecular formula is C16H19N7O. The molecule has 0 radical (unpaired) electrons. The Morgan fingerprint density at radius 2 is 2.12 bits per heavy atom. The van der Waals surface area contributed by atoms with E-state index < -0.39 is 0 Å². The number of aromatic nitrogens is 5. The zero-order valence-electron chi connectivity index (χ0n) is 13.2. The maximum Gasteiger partial charge on any atom is 0.165 e. The zero-order valence-corrected chi connectivity index (χ0v) is 13.2. The predicted molar refractivity (Wildman–Crippen MR) is 90.5 cm³/mol. The molecule has 1 saturated heterocycles. The molecule has 3 aromatic heterocycles. The van der Waals surface area contributed by atoms with Gasteiger partial charge in [0.15, 0.2) is 11.6 Å². The van der Waals surface area contributed by atoms with Crippen molar-refractivity contribution in [3.05, 3.63) is 31.0 Å². The molecule has 0 atom stereocenters. The van der Waals surface area contributed by atoms with E-state index in [1.54, 1.807) is 35.5 Å². The van der Waals surface area contributed by atoms with Crippen LogP contribution in [0.15, 0.2) is 31.0 Å². The van der Waals surface area contributed by atoms with Gasteiger partial charge >= 0.3 is 0 Å². The fraction of sp³-hybridized carbons (Fsp3) is 0.375. The average Bonchev–Trinajstić information content (AvgIpc) is 3.06. The lowest BCUT2D eigenvalue weighted by molar-refractivity contribution is 0.0699. The lowest BCUT2D eigenvalue weighted by atomic mass is 10.0. The largest absolute Gasteiger partial charge is 0.394 e. The second kappa shape index (κ2) is 6.40. The van der Waals surface area contributed by atoms with Crippen LogP contribution in [0.3, 0.4) is 0 Å². The third-order valence-electron chi connectivity index (χ3n) is 4.28. The Labute approximate surface area is 139 Å². The highest BCUT2D eigenvalue weighted by molar-refractivity contribution is 5.76. The van der Waals surface area contributed by atoms with E-state index in [1.807, 2.05) is 0 Å². The van der Waals surface area contributed by atoms with Crippen LogP contribution in [0.25, 0.3) is 16.9 Å². The second-order valence-corrected chi connectivity index (χ2v) is 5.90. The molecule has 0 spiro atoms. The molecule has 0 saturated carbocycles. The third kappa shape index (κ3) is 2.88. The number of hydrogen-bond acceptors (Lipinski definition) is 7. The molecule has 3 aromatic rings. The van der Waals surface area contributed by atoms with Gasteiger partial charge in [0.05, 0.1) is 35.4 Å². The first-order valence-electron chi connectivity index (χ1n) is 8.03. The zero-order chi connectivity index (χ0) is 16.4. The Bertz CT molecular complexity index is 841. The van der Waals surface area contributed by atoms with Crippen LogP contribution in [0.4, 0.5) is 11.5 Å². The monoisotopic (exact) mass is 325 g/mol. The topological polar surface area (TPSA) is 103 Å². The number of ether oxygens (including phenoxy) is 1. The Balaban J connectivity index is 1.58. The fourth-order valence-electron chi connectivity index (χ4n) is 2.86. The van der Waals surface area contributed by atoms with Gasteiger partial charge in [-0.1, -0.05) is 0 Å². The van der Waals surface area contributed by atoms with E-state index in [1.165, 1.54) is 0 Å². The van der Waals surface area contributed by atoms with Crippen molar-refractivity contribution in [2.45, 2.75) is 12.8 Å². The van der Waals surface area contributed by atoms with Crippen molar-refractivity contribution < 1.29 is 4.74 Å². The van der Waals surface area contributed by atoms with E-state index >= 15 is 0 Å². The van der Waals surface area contributed by atoms with Crippen LogP contribution < -0.4 is 11.1 Å². The van der Waals surface area contributed by atoms with Crippen molar-refractivity contribution in [3.8, 4) is 11.4 Å². The van der Waals surface area contributed by atoms with Gasteiger partial charge < -0.3 is 15.8 Å². The maximum absolute atomic E-state index is 6.03. The standard InChI is InChI=1S/C16H19N7O/c17-13-9-20-15(12-8-21-23-4-3-18-10-14(12)23)22-16(13)19-7-11-1-5-24-6-2-11/h3-4,8-11H,1-2,5-7,17H2,(H,19,20,22). The molecule has 0 aromatic carbocycles. The van der Waals surface area contributed by atoms with E-state index in [2.05, 4.69) is 25.4 Å². The van der Waals surface area contributed by atoms with Gasteiger partial charge in [-0.25, -0.2) is 14.5 Å². The van der Waals surface area contributed by atoms with E-state index in [-0.39, 0.29) is 0 Å². The van der Waals surface area contributed by atoms with Crippen molar-refractivity contribution in [3.63, 3.8) is 0 Å². The van der Waals surface area contributed by atoms with Crippen molar-refractivity contribution in [1.29, 1.82) is 0 Å². The summed E-state index contributed by atoms with van der Waals surface area (Å²) in [6.07, 6.45) is 10.7. The summed E-state index contributed by atoms with van der Waals surface area (Å²) in [7, 11) is 0. The van der Waals surface area contributed by atoms with E-state index in [0.29, 0.717) is 23.2 Å². The first-order valence-corrected chi connectivity index (χ1v) is 8.03. The highest BCUT2D eigenvalue weighted by atomic mass is 16.5. The summed E-state index contributed by atoms with van der Waals surface area (Å²) in [5, 5.41) is 7.66. The fourth-order valence-corrected chi connectivity index (χ4v) is 2.86. The molecule has 4 heterocycles. The van der Waals surface area contributed by atoms with Gasteiger partial charge in [-0.15, -0.1) is 0 Å². The minimum atomic E-state index is 0.542. The summed E-state index contributed by atoms with van der Waals surface area (Å²) in [6, 6.07) is 0. The number of rotatable bonds is 4. The lowest BCUT2D eigenvalue weighted by Crippen LogP contribution is -2.23. The molecule has 3 N–H and O–H groups in total. The number of anilines is 2. The summed E-state index contributed by atoms with van der Waals surface area (Å²) in [6.45, 7) is 2.48. The van der Waals surface area contributed by atoms with Crippen molar-refractivity contribution >= 4 is 17.0 Å². The number of hydrogen-bond donors (Lipinski definition) is 2. The number of nitrogens with two attached hydrogens (primary N) is 1. The molecule has 4 rings (SSSR count). The highest BCUT2D eigenvalue weighted by Crippen LogP contribution is 2.24. The summed E-state index contributed by atoms with van der Waals surface area (Å²) in [4.78, 5) is 13.1. The van der Waals surface area contributed by atoms with Gasteiger partial charge in [0, 0.05) is 32.2 Å². The molecule has 1 aliphatic heterocycles. The number of nitrogens with one attached hydrogen (secondary N) is 1. The minimum Gasteiger partial charge on any atom is -0.394 e. The van der Waals surface area contributed by atoms with E-state index in [9.17, 15) is 0 Å². The Kier molecular flexibility index (Phi) is 3.96. The molecule has 0 aliphatic carbocycles. The molecule has 124 valence electrons. The number of fused-ring (bicyclic) bond motifs is 1. The van der Waals surface area contributed by atoms with Gasteiger partial charge in [0.25, 0.3) is 0 Å². The second-order valence-electron chi connectivity index (χ2n) is 5.90. The predicted octanol–water partition coefficient (Wildman–Crippen LogP) is 1.61.